The van der Waals surface area contributed by atoms with Crippen molar-refractivity contribution < 1.29 is 14.3 Å². The number of Topliss-reactive ketones (excluding diaryl/α,β-unsaturated/α-hetero) is 1. The van der Waals surface area contributed by atoms with Crippen molar-refractivity contribution in [3.8, 4) is 11.5 Å². The monoisotopic (exact) mass is 261 g/mol. The molecule has 0 spiro atoms. The van der Waals surface area contributed by atoms with Crippen LogP contribution >= 0.6 is 0 Å². The van der Waals surface area contributed by atoms with E-state index in [-0.39, 0.29) is 6.04 Å². The third kappa shape index (κ3) is 2.10. The molecule has 0 radical (unpaired) electrons. The Morgan fingerprint density at radius 3 is 2.53 bits per heavy atom. The van der Waals surface area contributed by atoms with E-state index in [2.05, 4.69) is 11.0 Å². The highest BCUT2D eigenvalue weighted by Gasteiger charge is 2.33. The largest absolute Gasteiger partial charge is 0.493 e. The predicted molar refractivity (Wildman–Crippen MR) is 71.8 cm³/mol. The summed E-state index contributed by atoms with van der Waals surface area (Å²) in [6.07, 6.45) is 2.34. The van der Waals surface area contributed by atoms with Gasteiger partial charge >= 0.3 is 0 Å². The van der Waals surface area contributed by atoms with Crippen LogP contribution in [0.1, 0.15) is 30.0 Å². The van der Waals surface area contributed by atoms with E-state index in [0.29, 0.717) is 18.6 Å². The van der Waals surface area contributed by atoms with Crippen LogP contribution in [0.5, 0.6) is 11.5 Å². The highest BCUT2D eigenvalue weighted by Crippen LogP contribution is 2.40. The maximum absolute atomic E-state index is 11.7. The van der Waals surface area contributed by atoms with Gasteiger partial charge < -0.3 is 9.47 Å². The van der Waals surface area contributed by atoms with Gasteiger partial charge in [0.15, 0.2) is 11.5 Å². The van der Waals surface area contributed by atoms with Gasteiger partial charge in [-0.1, -0.05) is 0 Å². The molecule has 3 rings (SSSR count). The minimum atomic E-state index is 0.227. The van der Waals surface area contributed by atoms with E-state index in [1.807, 2.05) is 6.07 Å². The van der Waals surface area contributed by atoms with Gasteiger partial charge in [0.25, 0.3) is 0 Å². The van der Waals surface area contributed by atoms with Crippen molar-refractivity contribution >= 4 is 5.78 Å². The van der Waals surface area contributed by atoms with Crippen LogP contribution in [0.2, 0.25) is 0 Å². The molecule has 1 saturated heterocycles. The molecule has 102 valence electrons. The van der Waals surface area contributed by atoms with E-state index < -0.39 is 0 Å². The maximum atomic E-state index is 11.7. The van der Waals surface area contributed by atoms with Crippen molar-refractivity contribution in [2.24, 2.45) is 0 Å². The lowest BCUT2D eigenvalue weighted by Gasteiger charge is -2.40. The fraction of sp³-hybridized carbons (Fsp3) is 0.533. The van der Waals surface area contributed by atoms with E-state index in [1.165, 1.54) is 11.1 Å². The van der Waals surface area contributed by atoms with Crippen molar-refractivity contribution in [3.05, 3.63) is 23.3 Å². The molecule has 1 fully saturated rings. The average molecular weight is 261 g/mol. The minimum absolute atomic E-state index is 0.227. The topological polar surface area (TPSA) is 38.8 Å². The summed E-state index contributed by atoms with van der Waals surface area (Å²) in [6, 6.07) is 4.33. The van der Waals surface area contributed by atoms with Gasteiger partial charge in [-0.2, -0.15) is 0 Å². The van der Waals surface area contributed by atoms with Crippen LogP contribution in [-0.4, -0.2) is 38.0 Å². The molecule has 2 aliphatic rings. The number of ether oxygens (including phenoxy) is 2. The summed E-state index contributed by atoms with van der Waals surface area (Å²) >= 11 is 0. The number of hydrogen-bond acceptors (Lipinski definition) is 4. The second-order valence-corrected chi connectivity index (χ2v) is 5.20. The molecule has 0 saturated carbocycles. The third-order valence-electron chi connectivity index (χ3n) is 4.21. The number of rotatable bonds is 2. The quantitative estimate of drug-likeness (QED) is 0.816. The molecule has 4 heteroatoms. The zero-order chi connectivity index (χ0) is 13.4. The zero-order valence-corrected chi connectivity index (χ0v) is 11.4. The molecule has 0 aromatic heterocycles. The van der Waals surface area contributed by atoms with Gasteiger partial charge in [0, 0.05) is 32.0 Å². The Morgan fingerprint density at radius 1 is 1.11 bits per heavy atom. The van der Waals surface area contributed by atoms with Gasteiger partial charge in [-0.05, 0) is 29.7 Å². The summed E-state index contributed by atoms with van der Waals surface area (Å²) in [7, 11) is 3.31. The summed E-state index contributed by atoms with van der Waals surface area (Å²) in [5.74, 6) is 1.89. The summed E-state index contributed by atoms with van der Waals surface area (Å²) in [5, 5.41) is 0. The van der Waals surface area contributed by atoms with Gasteiger partial charge in [-0.15, -0.1) is 0 Å². The van der Waals surface area contributed by atoms with Gasteiger partial charge in [0.2, 0.25) is 0 Å². The number of fused-ring (bicyclic) bond motifs is 3. The lowest BCUT2D eigenvalue weighted by atomic mass is 9.86. The first-order valence-corrected chi connectivity index (χ1v) is 6.73. The van der Waals surface area contributed by atoms with Gasteiger partial charge in [0.05, 0.1) is 14.2 Å². The highest BCUT2D eigenvalue weighted by atomic mass is 16.5. The molecular formula is C15H19NO3. The number of ketones is 1. The van der Waals surface area contributed by atoms with Crippen LogP contribution in [0.4, 0.5) is 0 Å². The third-order valence-corrected chi connectivity index (χ3v) is 4.21. The van der Waals surface area contributed by atoms with Crippen LogP contribution < -0.4 is 9.47 Å². The molecule has 0 unspecified atom stereocenters. The lowest BCUT2D eigenvalue weighted by molar-refractivity contribution is -0.123. The minimum Gasteiger partial charge on any atom is -0.493 e. The van der Waals surface area contributed by atoms with Crippen molar-refractivity contribution in [1.29, 1.82) is 0 Å². The SMILES string of the molecule is COc1cc2c(cc1OC)[C@@H]1CC(=O)CCN1CC2. The fourth-order valence-electron chi connectivity index (χ4n) is 3.17. The first-order valence-electron chi connectivity index (χ1n) is 6.73. The molecule has 1 aromatic carbocycles. The van der Waals surface area contributed by atoms with E-state index in [4.69, 9.17) is 9.47 Å². The standard InChI is InChI=1S/C15H19NO3/c1-18-14-7-10-3-5-16-6-4-11(17)8-13(16)12(10)9-15(14)19-2/h7,9,13H,3-6,8H2,1-2H3/t13-/m0/s1. The van der Waals surface area contributed by atoms with Gasteiger partial charge in [0.1, 0.15) is 5.78 Å². The molecule has 0 amide bonds. The maximum Gasteiger partial charge on any atom is 0.161 e. The number of nitrogens with zero attached hydrogens (tertiary/aromatic N) is 1. The van der Waals surface area contributed by atoms with Crippen LogP contribution in [0.15, 0.2) is 12.1 Å². The van der Waals surface area contributed by atoms with E-state index in [9.17, 15) is 4.79 Å². The lowest BCUT2D eigenvalue weighted by Crippen LogP contribution is -2.41. The van der Waals surface area contributed by atoms with E-state index in [1.54, 1.807) is 14.2 Å². The van der Waals surface area contributed by atoms with E-state index in [0.717, 1.165) is 31.0 Å². The number of methoxy groups -OCH3 is 2. The number of piperidine rings is 1. The second kappa shape index (κ2) is 4.85. The Bertz CT molecular complexity index is 512. The first kappa shape index (κ1) is 12.5. The zero-order valence-electron chi connectivity index (χ0n) is 11.4. The Hall–Kier alpha value is -1.55. The molecule has 0 bridgehead atoms. The van der Waals surface area contributed by atoms with Crippen molar-refractivity contribution in [3.63, 3.8) is 0 Å². The predicted octanol–water partition coefficient (Wildman–Crippen LogP) is 1.97. The van der Waals surface area contributed by atoms with E-state index >= 15 is 0 Å². The molecule has 0 aliphatic carbocycles. The highest BCUT2D eigenvalue weighted by molar-refractivity contribution is 5.80. The van der Waals surface area contributed by atoms with Gasteiger partial charge in [-0.3, -0.25) is 9.69 Å². The molecule has 0 N–H and O–H groups in total. The smallest absolute Gasteiger partial charge is 0.161 e. The Morgan fingerprint density at radius 2 is 1.79 bits per heavy atom. The number of carbonyl (C=O) groups is 1. The normalized spacial score (nSPS) is 22.6. The fourth-order valence-corrected chi connectivity index (χ4v) is 3.17. The average Bonchev–Trinajstić information content (AvgIpc) is 2.45. The molecular weight excluding hydrogens is 242 g/mol. The summed E-state index contributed by atoms with van der Waals surface area (Å²) in [6.45, 7) is 1.91. The molecule has 1 aromatic rings. The van der Waals surface area contributed by atoms with Crippen molar-refractivity contribution in [1.82, 2.24) is 4.90 Å². The summed E-state index contributed by atoms with van der Waals surface area (Å²) in [4.78, 5) is 14.1. The molecule has 2 aliphatic heterocycles. The van der Waals surface area contributed by atoms with Crippen LogP contribution in [-0.2, 0) is 11.2 Å². The number of benzene rings is 1. The Labute approximate surface area is 113 Å². The molecule has 1 atom stereocenters. The van der Waals surface area contributed by atoms with Crippen LogP contribution in [0.25, 0.3) is 0 Å². The van der Waals surface area contributed by atoms with Crippen LogP contribution in [0, 0.1) is 0 Å². The molecule has 4 nitrogen and oxygen atoms in total. The van der Waals surface area contributed by atoms with Gasteiger partial charge in [-0.25, -0.2) is 0 Å². The van der Waals surface area contributed by atoms with Crippen molar-refractivity contribution in [2.45, 2.75) is 25.3 Å². The second-order valence-electron chi connectivity index (χ2n) is 5.20. The summed E-state index contributed by atoms with van der Waals surface area (Å²) in [5.41, 5.74) is 2.52. The summed E-state index contributed by atoms with van der Waals surface area (Å²) < 4.78 is 10.7. The van der Waals surface area contributed by atoms with Crippen LogP contribution in [0.3, 0.4) is 0 Å². The number of hydrogen-bond donors (Lipinski definition) is 0. The Kier molecular flexibility index (Phi) is 3.19. The Balaban J connectivity index is 2.03. The van der Waals surface area contributed by atoms with Crippen molar-refractivity contribution in [2.75, 3.05) is 27.3 Å². The number of carbonyl (C=O) groups excluding carboxylic acids is 1. The molecule has 2 heterocycles. The first-order chi connectivity index (χ1) is 9.22. The molecule has 19 heavy (non-hydrogen) atoms.